The Morgan fingerprint density at radius 3 is 2.40 bits per heavy atom. The van der Waals surface area contributed by atoms with Gasteiger partial charge in [0.25, 0.3) is 0 Å². The molecule has 1 N–H and O–H groups in total. The summed E-state index contributed by atoms with van der Waals surface area (Å²) < 4.78 is 5.48. The van der Waals surface area contributed by atoms with Crippen LogP contribution in [0.1, 0.15) is 37.9 Å². The van der Waals surface area contributed by atoms with E-state index >= 15 is 0 Å². The van der Waals surface area contributed by atoms with Crippen LogP contribution in [0.4, 0.5) is 10.5 Å². The van der Waals surface area contributed by atoms with Crippen LogP contribution in [0.15, 0.2) is 65.9 Å². The monoisotopic (exact) mass is 476 g/mol. The Kier molecular flexibility index (Phi) is 7.76. The maximum absolute atomic E-state index is 13.2. The van der Waals surface area contributed by atoms with E-state index in [9.17, 15) is 9.59 Å². The number of nitrogens with zero attached hydrogens (tertiary/aromatic N) is 3. The molecule has 2 aromatic rings. The minimum Gasteiger partial charge on any atom is -0.463 e. The van der Waals surface area contributed by atoms with E-state index in [-0.39, 0.29) is 18.6 Å². The van der Waals surface area contributed by atoms with Crippen LogP contribution in [0.25, 0.3) is 0 Å². The van der Waals surface area contributed by atoms with Gasteiger partial charge >= 0.3 is 12.0 Å². The minimum absolute atomic E-state index is 0.184. The summed E-state index contributed by atoms with van der Waals surface area (Å²) in [6.45, 7) is 11.9. The second kappa shape index (κ2) is 11.0. The van der Waals surface area contributed by atoms with Crippen molar-refractivity contribution in [3.05, 3.63) is 77.0 Å². The quantitative estimate of drug-likeness (QED) is 0.610. The number of rotatable bonds is 7. The van der Waals surface area contributed by atoms with Crippen molar-refractivity contribution in [2.45, 2.75) is 39.8 Å². The largest absolute Gasteiger partial charge is 0.463 e. The molecule has 0 unspecified atom stereocenters. The molecule has 2 heterocycles. The number of amides is 2. The number of nitrogens with one attached hydrogen (secondary N) is 1. The maximum Gasteiger partial charge on any atom is 0.338 e. The number of carbonyl (C=O) groups excluding carboxylic acids is 2. The number of benzene rings is 2. The van der Waals surface area contributed by atoms with Gasteiger partial charge < -0.3 is 15.0 Å². The highest BCUT2D eigenvalue weighted by molar-refractivity contribution is 5.95. The molecule has 35 heavy (non-hydrogen) atoms. The highest BCUT2D eigenvalue weighted by atomic mass is 16.5. The molecule has 2 aromatic carbocycles. The standard InChI is InChI=1S/C28H36N4O3/c1-5-31-24(19-30-16-17-32(21(4)18-30)23-14-12-20(3)13-15-23)25(27(33)35-6-2)26(29-28(31)34)22-10-8-7-9-11-22/h7-15,21,26H,5-6,16-19H2,1-4H3,(H,29,34)/t21-,26-/m0/s1. The third-order valence-electron chi connectivity index (χ3n) is 6.83. The molecule has 0 spiro atoms. The number of ether oxygens (including phenoxy) is 1. The summed E-state index contributed by atoms with van der Waals surface area (Å²) in [5.74, 6) is -0.374. The molecular weight excluding hydrogens is 440 g/mol. The lowest BCUT2D eigenvalue weighted by Gasteiger charge is -2.43. The number of hydrogen-bond acceptors (Lipinski definition) is 5. The maximum atomic E-state index is 13.2. The fourth-order valence-corrected chi connectivity index (χ4v) is 5.06. The van der Waals surface area contributed by atoms with Crippen LogP contribution in [0.2, 0.25) is 0 Å². The Bertz CT molecular complexity index is 1070. The first kappa shape index (κ1) is 24.8. The topological polar surface area (TPSA) is 65.1 Å². The smallest absolute Gasteiger partial charge is 0.338 e. The lowest BCUT2D eigenvalue weighted by Crippen LogP contribution is -2.55. The van der Waals surface area contributed by atoms with Gasteiger partial charge in [-0.1, -0.05) is 48.0 Å². The highest BCUT2D eigenvalue weighted by Gasteiger charge is 2.38. The van der Waals surface area contributed by atoms with E-state index in [1.807, 2.05) is 37.3 Å². The number of aryl methyl sites for hydroxylation is 1. The lowest BCUT2D eigenvalue weighted by atomic mass is 9.94. The normalized spacial score (nSPS) is 21.2. The van der Waals surface area contributed by atoms with E-state index < -0.39 is 6.04 Å². The van der Waals surface area contributed by atoms with Gasteiger partial charge in [0.2, 0.25) is 0 Å². The number of esters is 1. The first-order chi connectivity index (χ1) is 16.9. The van der Waals surface area contributed by atoms with Gasteiger partial charge in [-0.15, -0.1) is 0 Å². The Morgan fingerprint density at radius 2 is 1.77 bits per heavy atom. The molecule has 0 saturated carbocycles. The van der Waals surface area contributed by atoms with Crippen LogP contribution in [0, 0.1) is 6.92 Å². The van der Waals surface area contributed by atoms with Crippen molar-refractivity contribution in [3.63, 3.8) is 0 Å². The molecule has 7 heteroatoms. The molecule has 2 aliphatic heterocycles. The summed E-state index contributed by atoms with van der Waals surface area (Å²) in [4.78, 5) is 32.8. The Labute approximate surface area is 208 Å². The van der Waals surface area contributed by atoms with Gasteiger partial charge in [-0.05, 0) is 45.4 Å². The highest BCUT2D eigenvalue weighted by Crippen LogP contribution is 2.32. The van der Waals surface area contributed by atoms with Gasteiger partial charge in [0.05, 0.1) is 18.2 Å². The minimum atomic E-state index is -0.535. The van der Waals surface area contributed by atoms with Crippen molar-refractivity contribution in [3.8, 4) is 0 Å². The SMILES string of the molecule is CCOC(=O)C1=C(CN2CCN(c3ccc(C)cc3)[C@@H](C)C2)N(CC)C(=O)N[C@H]1c1ccccc1. The molecule has 1 fully saturated rings. The first-order valence-corrected chi connectivity index (χ1v) is 12.5. The van der Waals surface area contributed by atoms with E-state index in [4.69, 9.17) is 4.74 Å². The van der Waals surface area contributed by atoms with E-state index in [1.165, 1.54) is 11.3 Å². The van der Waals surface area contributed by atoms with Crippen molar-refractivity contribution >= 4 is 17.7 Å². The van der Waals surface area contributed by atoms with Crippen LogP contribution >= 0.6 is 0 Å². The zero-order valence-electron chi connectivity index (χ0n) is 21.2. The third kappa shape index (κ3) is 5.35. The summed E-state index contributed by atoms with van der Waals surface area (Å²) in [7, 11) is 0. The zero-order valence-corrected chi connectivity index (χ0v) is 21.2. The molecule has 7 nitrogen and oxygen atoms in total. The van der Waals surface area contributed by atoms with Crippen LogP contribution in [-0.4, -0.2) is 67.2 Å². The Balaban J connectivity index is 1.64. The summed E-state index contributed by atoms with van der Waals surface area (Å²) in [6.07, 6.45) is 0. The summed E-state index contributed by atoms with van der Waals surface area (Å²) in [5.41, 5.74) is 4.61. The van der Waals surface area contributed by atoms with Crippen LogP contribution in [0.3, 0.4) is 0 Å². The number of carbonyl (C=O) groups is 2. The second-order valence-electron chi connectivity index (χ2n) is 9.23. The van der Waals surface area contributed by atoms with Gasteiger partial charge in [-0.2, -0.15) is 0 Å². The molecule has 0 radical (unpaired) electrons. The lowest BCUT2D eigenvalue weighted by molar-refractivity contribution is -0.139. The number of hydrogen-bond donors (Lipinski definition) is 1. The van der Waals surface area contributed by atoms with Crippen molar-refractivity contribution < 1.29 is 14.3 Å². The molecule has 2 atom stereocenters. The fourth-order valence-electron chi connectivity index (χ4n) is 5.06. The molecule has 2 amide bonds. The van der Waals surface area contributed by atoms with Gasteiger partial charge in [0.15, 0.2) is 0 Å². The van der Waals surface area contributed by atoms with Gasteiger partial charge in [-0.25, -0.2) is 9.59 Å². The average molecular weight is 477 g/mol. The zero-order chi connectivity index (χ0) is 24.9. The average Bonchev–Trinajstić information content (AvgIpc) is 2.85. The number of urea groups is 1. The molecule has 4 rings (SSSR count). The van der Waals surface area contributed by atoms with E-state index in [2.05, 4.69) is 53.2 Å². The number of likely N-dealkylation sites (N-methyl/N-ethyl adjacent to an activating group) is 1. The Hall–Kier alpha value is -3.32. The third-order valence-corrected chi connectivity index (χ3v) is 6.83. The number of anilines is 1. The molecule has 2 aliphatic rings. The molecule has 0 aromatic heterocycles. The van der Waals surface area contributed by atoms with Crippen molar-refractivity contribution in [2.24, 2.45) is 0 Å². The molecule has 0 bridgehead atoms. The predicted molar refractivity (Wildman–Crippen MR) is 138 cm³/mol. The molecule has 1 saturated heterocycles. The Morgan fingerprint density at radius 1 is 1.06 bits per heavy atom. The van der Waals surface area contributed by atoms with Crippen molar-refractivity contribution in [1.82, 2.24) is 15.1 Å². The van der Waals surface area contributed by atoms with Gasteiger partial charge in [0.1, 0.15) is 0 Å². The molecule has 0 aliphatic carbocycles. The van der Waals surface area contributed by atoms with E-state index in [0.717, 1.165) is 30.9 Å². The summed E-state index contributed by atoms with van der Waals surface area (Å²) in [5, 5.41) is 3.03. The first-order valence-electron chi connectivity index (χ1n) is 12.5. The summed E-state index contributed by atoms with van der Waals surface area (Å²) in [6, 6.07) is 17.9. The van der Waals surface area contributed by atoms with Crippen molar-refractivity contribution in [1.29, 1.82) is 0 Å². The van der Waals surface area contributed by atoms with E-state index in [1.54, 1.807) is 11.8 Å². The van der Waals surface area contributed by atoms with Gasteiger partial charge in [0, 0.05) is 50.2 Å². The number of piperazine rings is 1. The van der Waals surface area contributed by atoms with Crippen LogP contribution in [0.5, 0.6) is 0 Å². The molecular formula is C28H36N4O3. The fraction of sp³-hybridized carbons (Fsp3) is 0.429. The second-order valence-corrected chi connectivity index (χ2v) is 9.23. The van der Waals surface area contributed by atoms with Crippen LogP contribution in [-0.2, 0) is 9.53 Å². The van der Waals surface area contributed by atoms with Crippen molar-refractivity contribution in [2.75, 3.05) is 44.2 Å². The predicted octanol–water partition coefficient (Wildman–Crippen LogP) is 4.11. The summed E-state index contributed by atoms with van der Waals surface area (Å²) >= 11 is 0. The molecule has 186 valence electrons. The van der Waals surface area contributed by atoms with Gasteiger partial charge in [-0.3, -0.25) is 9.80 Å². The van der Waals surface area contributed by atoms with Crippen LogP contribution < -0.4 is 10.2 Å². The van der Waals surface area contributed by atoms with E-state index in [0.29, 0.717) is 24.7 Å².